The van der Waals surface area contributed by atoms with Gasteiger partial charge in [-0.2, -0.15) is 0 Å². The monoisotopic (exact) mass is 301 g/mol. The molecule has 0 saturated heterocycles. The van der Waals surface area contributed by atoms with Crippen LogP contribution in [0, 0.1) is 0 Å². The number of nitrogen functional groups attached to an aromatic ring is 1. The lowest BCUT2D eigenvalue weighted by atomic mass is 10.2. The molecule has 110 valence electrons. The number of carbonyl (C=O) groups excluding carboxylic acids is 1. The van der Waals surface area contributed by atoms with E-state index >= 15 is 0 Å². The highest BCUT2D eigenvalue weighted by atomic mass is 32.1. The maximum absolute atomic E-state index is 11.4. The van der Waals surface area contributed by atoms with Crippen LogP contribution in [0.1, 0.15) is 26.5 Å². The largest absolute Gasteiger partial charge is 0.476 e. The van der Waals surface area contributed by atoms with Crippen molar-refractivity contribution in [1.82, 2.24) is 4.98 Å². The molecule has 9 heteroatoms. The quantitative estimate of drug-likeness (QED) is 0.469. The van der Waals surface area contributed by atoms with Gasteiger partial charge in [0.15, 0.2) is 5.13 Å². The summed E-state index contributed by atoms with van der Waals surface area (Å²) in [6, 6.07) is 0. The molecule has 0 saturated carbocycles. The fraction of sp³-hybridized carbons (Fsp3) is 0.455. The zero-order valence-electron chi connectivity index (χ0n) is 11.2. The summed E-state index contributed by atoms with van der Waals surface area (Å²) < 4.78 is 4.98. The number of hydrogen-bond donors (Lipinski definition) is 2. The van der Waals surface area contributed by atoms with Gasteiger partial charge in [-0.05, 0) is 20.8 Å². The number of rotatable bonds is 5. The molecule has 0 spiro atoms. The van der Waals surface area contributed by atoms with Gasteiger partial charge < -0.3 is 20.4 Å². The molecule has 1 heterocycles. The Kier molecular flexibility index (Phi) is 5.03. The molecule has 0 atom stereocenters. The van der Waals surface area contributed by atoms with Crippen LogP contribution in [0.3, 0.4) is 0 Å². The van der Waals surface area contributed by atoms with Crippen LogP contribution in [0.25, 0.3) is 0 Å². The Labute approximate surface area is 119 Å². The first kappa shape index (κ1) is 15.9. The van der Waals surface area contributed by atoms with E-state index in [0.29, 0.717) is 0 Å². The first-order valence-electron chi connectivity index (χ1n) is 5.55. The van der Waals surface area contributed by atoms with Crippen molar-refractivity contribution in [2.45, 2.75) is 26.4 Å². The summed E-state index contributed by atoms with van der Waals surface area (Å²) in [5.74, 6) is -1.98. The highest BCUT2D eigenvalue weighted by molar-refractivity contribution is 7.13. The molecule has 0 amide bonds. The van der Waals surface area contributed by atoms with E-state index in [-0.39, 0.29) is 10.8 Å². The molecule has 0 aliphatic heterocycles. The van der Waals surface area contributed by atoms with Gasteiger partial charge in [0.05, 0.1) is 0 Å². The third kappa shape index (κ3) is 5.22. The first-order valence-corrected chi connectivity index (χ1v) is 6.43. The Morgan fingerprint density at radius 2 is 2.15 bits per heavy atom. The van der Waals surface area contributed by atoms with Crippen molar-refractivity contribution < 1.29 is 24.3 Å². The van der Waals surface area contributed by atoms with Crippen LogP contribution in [0.5, 0.6) is 0 Å². The first-order chi connectivity index (χ1) is 9.19. The van der Waals surface area contributed by atoms with Crippen LogP contribution >= 0.6 is 11.3 Å². The molecule has 3 N–H and O–H groups in total. The number of ether oxygens (including phenoxy) is 1. The van der Waals surface area contributed by atoms with E-state index in [9.17, 15) is 9.59 Å². The Morgan fingerprint density at radius 3 is 2.60 bits per heavy atom. The molecule has 0 bridgehead atoms. The number of aromatic nitrogens is 1. The van der Waals surface area contributed by atoms with Gasteiger partial charge in [0.25, 0.3) is 0 Å². The SMILES string of the molecule is CC(C)(C)OC(=O)CO/N=C(\C(=O)O)c1csc(N)n1. The lowest BCUT2D eigenvalue weighted by Gasteiger charge is -2.18. The van der Waals surface area contributed by atoms with Gasteiger partial charge in [-0.15, -0.1) is 11.3 Å². The van der Waals surface area contributed by atoms with E-state index in [4.69, 9.17) is 15.6 Å². The van der Waals surface area contributed by atoms with Gasteiger partial charge in [-0.1, -0.05) is 5.16 Å². The second-order valence-corrected chi connectivity index (χ2v) is 5.57. The molecular weight excluding hydrogens is 286 g/mol. The second-order valence-electron chi connectivity index (χ2n) is 4.68. The molecule has 0 aromatic carbocycles. The predicted molar refractivity (Wildman–Crippen MR) is 72.5 cm³/mol. The standard InChI is InChI=1S/C11H15N3O5S/c1-11(2,3)19-7(15)4-18-14-8(9(16)17)6-5-20-10(12)13-6/h5H,4H2,1-3H3,(H2,12,13)(H,16,17)/b14-8-. The number of carbonyl (C=O) groups is 2. The van der Waals surface area contributed by atoms with Crippen LogP contribution in [-0.2, 0) is 19.2 Å². The minimum Gasteiger partial charge on any atom is -0.476 e. The van der Waals surface area contributed by atoms with Crippen molar-refractivity contribution in [1.29, 1.82) is 0 Å². The summed E-state index contributed by atoms with van der Waals surface area (Å²) in [6.45, 7) is 4.62. The number of aliphatic carboxylic acids is 1. The summed E-state index contributed by atoms with van der Waals surface area (Å²) in [6.07, 6.45) is 0. The lowest BCUT2D eigenvalue weighted by Crippen LogP contribution is -2.26. The average Bonchev–Trinajstić information content (AvgIpc) is 2.68. The lowest BCUT2D eigenvalue weighted by molar-refractivity contribution is -0.160. The molecule has 1 aromatic heterocycles. The molecule has 1 rings (SSSR count). The zero-order chi connectivity index (χ0) is 15.3. The summed E-state index contributed by atoms with van der Waals surface area (Å²) in [4.78, 5) is 30.8. The molecule has 0 aliphatic rings. The number of anilines is 1. The van der Waals surface area contributed by atoms with Crippen molar-refractivity contribution in [3.05, 3.63) is 11.1 Å². The number of nitrogens with zero attached hydrogens (tertiary/aromatic N) is 2. The molecule has 0 radical (unpaired) electrons. The fourth-order valence-electron chi connectivity index (χ4n) is 1.11. The predicted octanol–water partition coefficient (Wildman–Crippen LogP) is 0.872. The van der Waals surface area contributed by atoms with Gasteiger partial charge in [0, 0.05) is 5.38 Å². The second kappa shape index (κ2) is 6.33. The van der Waals surface area contributed by atoms with E-state index in [1.54, 1.807) is 20.8 Å². The van der Waals surface area contributed by atoms with Crippen LogP contribution in [0.15, 0.2) is 10.5 Å². The smallest absolute Gasteiger partial charge is 0.360 e. The van der Waals surface area contributed by atoms with Gasteiger partial charge in [-0.25, -0.2) is 14.6 Å². The molecular formula is C11H15N3O5S. The summed E-state index contributed by atoms with van der Waals surface area (Å²) >= 11 is 1.07. The van der Waals surface area contributed by atoms with Crippen LogP contribution in [0.4, 0.5) is 5.13 Å². The maximum atomic E-state index is 11.4. The van der Waals surface area contributed by atoms with Gasteiger partial charge >= 0.3 is 11.9 Å². The van der Waals surface area contributed by atoms with Crippen LogP contribution in [-0.4, -0.2) is 39.9 Å². The van der Waals surface area contributed by atoms with Crippen molar-refractivity contribution in [2.75, 3.05) is 12.3 Å². The highest BCUT2D eigenvalue weighted by Crippen LogP contribution is 2.12. The highest BCUT2D eigenvalue weighted by Gasteiger charge is 2.19. The van der Waals surface area contributed by atoms with E-state index < -0.39 is 29.9 Å². The van der Waals surface area contributed by atoms with Crippen LogP contribution in [0.2, 0.25) is 0 Å². The van der Waals surface area contributed by atoms with Crippen molar-refractivity contribution >= 4 is 34.1 Å². The summed E-state index contributed by atoms with van der Waals surface area (Å²) in [5.41, 5.74) is 4.40. The number of nitrogens with two attached hydrogens (primary N) is 1. The number of oxime groups is 1. The molecule has 8 nitrogen and oxygen atoms in total. The Balaban J connectivity index is 2.66. The van der Waals surface area contributed by atoms with E-state index in [1.165, 1.54) is 5.38 Å². The summed E-state index contributed by atoms with van der Waals surface area (Å²) in [5, 5.41) is 14.0. The number of esters is 1. The third-order valence-corrected chi connectivity index (χ3v) is 2.40. The van der Waals surface area contributed by atoms with Crippen molar-refractivity contribution in [2.24, 2.45) is 5.16 Å². The topological polar surface area (TPSA) is 124 Å². The number of carboxylic acid groups (broad SMARTS) is 1. The molecule has 0 fully saturated rings. The van der Waals surface area contributed by atoms with Crippen molar-refractivity contribution in [3.63, 3.8) is 0 Å². The Bertz CT molecular complexity index is 532. The zero-order valence-corrected chi connectivity index (χ0v) is 12.1. The van der Waals surface area contributed by atoms with Crippen LogP contribution < -0.4 is 5.73 Å². The fourth-order valence-corrected chi connectivity index (χ4v) is 1.66. The average molecular weight is 301 g/mol. The summed E-state index contributed by atoms with van der Waals surface area (Å²) in [7, 11) is 0. The van der Waals surface area contributed by atoms with Gasteiger partial charge in [0.1, 0.15) is 11.3 Å². The van der Waals surface area contributed by atoms with Gasteiger partial charge in [0.2, 0.25) is 12.3 Å². The van der Waals surface area contributed by atoms with Crippen molar-refractivity contribution in [3.8, 4) is 0 Å². The maximum Gasteiger partial charge on any atom is 0.360 e. The molecule has 20 heavy (non-hydrogen) atoms. The van der Waals surface area contributed by atoms with E-state index in [1.807, 2.05) is 0 Å². The van der Waals surface area contributed by atoms with E-state index in [0.717, 1.165) is 11.3 Å². The molecule has 0 aliphatic carbocycles. The normalized spacial score (nSPS) is 12.1. The Morgan fingerprint density at radius 1 is 1.50 bits per heavy atom. The third-order valence-electron chi connectivity index (χ3n) is 1.73. The molecule has 1 aromatic rings. The number of thiazole rings is 1. The molecule has 0 unspecified atom stereocenters. The van der Waals surface area contributed by atoms with E-state index in [2.05, 4.69) is 15.0 Å². The number of carboxylic acids is 1. The minimum atomic E-state index is -1.33. The minimum absolute atomic E-state index is 0.0733. The Hall–Kier alpha value is -2.16. The number of hydrogen-bond acceptors (Lipinski definition) is 8. The van der Waals surface area contributed by atoms with Gasteiger partial charge in [-0.3, -0.25) is 0 Å².